The zero-order valence-electron chi connectivity index (χ0n) is 14.2. The highest BCUT2D eigenvalue weighted by atomic mass is 32.2. The topological polar surface area (TPSA) is 68.9 Å². The molecule has 0 aliphatic rings. The van der Waals surface area contributed by atoms with Crippen LogP contribution in [0.25, 0.3) is 0 Å². The third-order valence-corrected chi connectivity index (χ3v) is 5.64. The van der Waals surface area contributed by atoms with Crippen LogP contribution in [0.2, 0.25) is 0 Å². The van der Waals surface area contributed by atoms with E-state index >= 15 is 0 Å². The molecule has 0 amide bonds. The summed E-state index contributed by atoms with van der Waals surface area (Å²) in [6.45, 7) is 10.5. The number of carbonyl (C=O) groups excluding carboxylic acids is 1. The summed E-state index contributed by atoms with van der Waals surface area (Å²) in [5.41, 5.74) is 8.79. The van der Waals surface area contributed by atoms with Crippen LogP contribution in [0.1, 0.15) is 67.9 Å². The predicted octanol–water partition coefficient (Wildman–Crippen LogP) is 4.73. The van der Waals surface area contributed by atoms with E-state index in [1.54, 1.807) is 0 Å². The van der Waals surface area contributed by atoms with Crippen LogP contribution in [-0.2, 0) is 0 Å². The highest BCUT2D eigenvalue weighted by Crippen LogP contribution is 2.32. The Morgan fingerprint density at radius 3 is 2.35 bits per heavy atom. The fourth-order valence-electron chi connectivity index (χ4n) is 2.33. The average Bonchev–Trinajstić information content (AvgIpc) is 2.90. The first-order valence-electron chi connectivity index (χ1n) is 7.73. The Kier molecular flexibility index (Phi) is 5.81. The maximum atomic E-state index is 12.9. The Labute approximate surface area is 145 Å². The molecule has 124 valence electrons. The molecule has 0 saturated heterocycles. The summed E-state index contributed by atoms with van der Waals surface area (Å²) in [5.74, 6) is 0.887. The second kappa shape index (κ2) is 7.45. The number of nitrogens with zero attached hydrogens (tertiary/aromatic N) is 2. The lowest BCUT2D eigenvalue weighted by Gasteiger charge is -2.17. The minimum atomic E-state index is -0.218. The van der Waals surface area contributed by atoms with Crippen LogP contribution in [0.5, 0.6) is 0 Å². The number of nitrogen functional groups attached to an aromatic ring is 1. The van der Waals surface area contributed by atoms with E-state index in [0.29, 0.717) is 17.0 Å². The molecule has 0 aliphatic heterocycles. The molecule has 0 unspecified atom stereocenters. The molecule has 2 aromatic rings. The molecular weight excluding hydrogens is 326 g/mol. The fourth-order valence-corrected chi connectivity index (χ4v) is 4.18. The fraction of sp³-hybridized carbons (Fsp3) is 0.471. The molecule has 0 radical (unpaired) electrons. The van der Waals surface area contributed by atoms with Gasteiger partial charge in [0.2, 0.25) is 5.13 Å². The minimum Gasteiger partial charge on any atom is -0.374 e. The van der Waals surface area contributed by atoms with Gasteiger partial charge in [0.25, 0.3) is 0 Å². The van der Waals surface area contributed by atoms with Crippen LogP contribution in [0, 0.1) is 0 Å². The third-order valence-electron chi connectivity index (χ3n) is 3.70. The maximum absolute atomic E-state index is 12.9. The van der Waals surface area contributed by atoms with Gasteiger partial charge in [-0.3, -0.25) is 4.79 Å². The number of benzene rings is 1. The average molecular weight is 350 g/mol. The first-order chi connectivity index (χ1) is 10.8. The number of anilines is 1. The molecule has 1 atom stereocenters. The summed E-state index contributed by atoms with van der Waals surface area (Å²) in [6.07, 6.45) is 0. The number of nitrogens with two attached hydrogens (primary N) is 1. The number of carbonyl (C=O) groups is 1. The van der Waals surface area contributed by atoms with Crippen molar-refractivity contribution in [3.8, 4) is 0 Å². The normalized spacial score (nSPS) is 12.8. The van der Waals surface area contributed by atoms with Crippen LogP contribution in [0.3, 0.4) is 0 Å². The van der Waals surface area contributed by atoms with Gasteiger partial charge in [-0.2, -0.15) is 0 Å². The van der Waals surface area contributed by atoms with Gasteiger partial charge in [-0.05, 0) is 29.9 Å². The second-order valence-corrected chi connectivity index (χ2v) is 8.78. The SMILES string of the molecule is CC(C)c1ccc(C(=O)[C@H](C)Sc2nnc(N)s2)c(C(C)C)c1. The molecule has 0 fully saturated rings. The number of thioether (sulfide) groups is 1. The number of hydrogen-bond acceptors (Lipinski definition) is 6. The molecule has 23 heavy (non-hydrogen) atoms. The summed E-state index contributed by atoms with van der Waals surface area (Å²) in [7, 11) is 0. The number of hydrogen-bond donors (Lipinski definition) is 1. The van der Waals surface area contributed by atoms with Gasteiger partial charge in [0.05, 0.1) is 5.25 Å². The lowest BCUT2D eigenvalue weighted by molar-refractivity contribution is 0.0992. The Morgan fingerprint density at radius 1 is 1.13 bits per heavy atom. The van der Waals surface area contributed by atoms with E-state index in [-0.39, 0.29) is 11.0 Å². The van der Waals surface area contributed by atoms with Crippen LogP contribution in [0.4, 0.5) is 5.13 Å². The van der Waals surface area contributed by atoms with Gasteiger partial charge >= 0.3 is 0 Å². The Bertz CT molecular complexity index is 695. The number of aromatic nitrogens is 2. The van der Waals surface area contributed by atoms with Crippen molar-refractivity contribution in [3.63, 3.8) is 0 Å². The molecule has 1 aromatic heterocycles. The van der Waals surface area contributed by atoms with Crippen molar-refractivity contribution < 1.29 is 4.79 Å². The van der Waals surface area contributed by atoms with E-state index < -0.39 is 0 Å². The molecule has 0 bridgehead atoms. The van der Waals surface area contributed by atoms with Gasteiger partial charge in [0.1, 0.15) is 0 Å². The largest absolute Gasteiger partial charge is 0.374 e. The second-order valence-electron chi connectivity index (χ2n) is 6.19. The molecule has 4 nitrogen and oxygen atoms in total. The third kappa shape index (κ3) is 4.32. The van der Waals surface area contributed by atoms with Crippen molar-refractivity contribution in [2.45, 2.75) is 56.0 Å². The summed E-state index contributed by atoms with van der Waals surface area (Å²) >= 11 is 2.73. The highest BCUT2D eigenvalue weighted by molar-refractivity contribution is 8.02. The number of Topliss-reactive ketones (excluding diaryl/α,β-unsaturated/α-hetero) is 1. The Balaban J connectivity index is 2.27. The summed E-state index contributed by atoms with van der Waals surface area (Å²) in [5, 5.41) is 7.98. The maximum Gasteiger partial charge on any atom is 0.203 e. The molecule has 6 heteroatoms. The Hall–Kier alpha value is -1.40. The number of rotatable bonds is 6. The quantitative estimate of drug-likeness (QED) is 0.603. The van der Waals surface area contributed by atoms with Crippen molar-refractivity contribution in [3.05, 3.63) is 34.9 Å². The van der Waals surface area contributed by atoms with Gasteiger partial charge in [0, 0.05) is 5.56 Å². The zero-order valence-corrected chi connectivity index (χ0v) is 15.8. The van der Waals surface area contributed by atoms with Gasteiger partial charge in [-0.15, -0.1) is 10.2 Å². The summed E-state index contributed by atoms with van der Waals surface area (Å²) in [4.78, 5) is 12.9. The van der Waals surface area contributed by atoms with Crippen molar-refractivity contribution >= 4 is 34.0 Å². The summed E-state index contributed by atoms with van der Waals surface area (Å²) < 4.78 is 0.730. The van der Waals surface area contributed by atoms with Crippen molar-refractivity contribution in [2.75, 3.05) is 5.73 Å². The van der Waals surface area contributed by atoms with Gasteiger partial charge in [0.15, 0.2) is 10.1 Å². The van der Waals surface area contributed by atoms with Crippen LogP contribution < -0.4 is 5.73 Å². The van der Waals surface area contributed by atoms with E-state index in [1.165, 1.54) is 28.7 Å². The first kappa shape index (κ1) is 17.9. The smallest absolute Gasteiger partial charge is 0.203 e. The lowest BCUT2D eigenvalue weighted by atomic mass is 9.89. The van der Waals surface area contributed by atoms with Crippen LogP contribution in [0.15, 0.2) is 22.5 Å². The van der Waals surface area contributed by atoms with Crippen LogP contribution in [-0.4, -0.2) is 21.2 Å². The first-order valence-corrected chi connectivity index (χ1v) is 9.43. The van der Waals surface area contributed by atoms with Crippen molar-refractivity contribution in [1.82, 2.24) is 10.2 Å². The van der Waals surface area contributed by atoms with Crippen molar-refractivity contribution in [2.24, 2.45) is 0 Å². The van der Waals surface area contributed by atoms with E-state index in [4.69, 9.17) is 5.73 Å². The molecule has 1 heterocycles. The van der Waals surface area contributed by atoms with Crippen molar-refractivity contribution in [1.29, 1.82) is 0 Å². The van der Waals surface area contributed by atoms with E-state index in [2.05, 4.69) is 50.0 Å². The molecule has 1 aromatic carbocycles. The van der Waals surface area contributed by atoms with Crippen LogP contribution >= 0.6 is 23.1 Å². The standard InChI is InChI=1S/C17H23N3OS2/c1-9(2)12-6-7-13(14(8-12)10(3)4)15(21)11(5)22-17-20-19-16(18)23-17/h6-11H,1-5H3,(H2,18,19)/t11-/m0/s1. The van der Waals surface area contributed by atoms with Gasteiger partial charge in [-0.25, -0.2) is 0 Å². The summed E-state index contributed by atoms with van der Waals surface area (Å²) in [6, 6.07) is 6.20. The predicted molar refractivity (Wildman–Crippen MR) is 98.6 cm³/mol. The molecule has 0 saturated carbocycles. The monoisotopic (exact) mass is 349 g/mol. The van der Waals surface area contributed by atoms with E-state index in [0.717, 1.165) is 15.5 Å². The zero-order chi connectivity index (χ0) is 17.1. The highest BCUT2D eigenvalue weighted by Gasteiger charge is 2.22. The molecule has 0 aliphatic carbocycles. The van der Waals surface area contributed by atoms with Gasteiger partial charge < -0.3 is 5.73 Å². The minimum absolute atomic E-state index is 0.128. The molecule has 2 N–H and O–H groups in total. The van der Waals surface area contributed by atoms with Gasteiger partial charge in [-0.1, -0.05) is 69.0 Å². The molecular formula is C17H23N3OS2. The number of ketones is 1. The molecule has 2 rings (SSSR count). The lowest BCUT2D eigenvalue weighted by Crippen LogP contribution is -2.16. The van der Waals surface area contributed by atoms with E-state index in [1.807, 2.05) is 13.0 Å². The van der Waals surface area contributed by atoms with E-state index in [9.17, 15) is 4.79 Å². The Morgan fingerprint density at radius 2 is 1.83 bits per heavy atom. The molecule has 0 spiro atoms.